The minimum Gasteiger partial charge on any atom is -0.390 e. The second-order valence-electron chi connectivity index (χ2n) is 8.23. The van der Waals surface area contributed by atoms with Crippen LogP contribution in [-0.2, 0) is 0 Å². The fraction of sp³-hybridized carbons (Fsp3) is 1.00. The molecule has 0 radical (unpaired) electrons. The molecule has 3 fully saturated rings. The van der Waals surface area contributed by atoms with Gasteiger partial charge in [-0.25, -0.2) is 0 Å². The molecule has 5 unspecified atom stereocenters. The molecule has 0 aromatic rings. The molecule has 0 saturated heterocycles. The van der Waals surface area contributed by atoms with Crippen molar-refractivity contribution in [1.82, 2.24) is 0 Å². The zero-order valence-electron chi connectivity index (χ0n) is 14.0. The quantitative estimate of drug-likeness (QED) is 0.815. The van der Waals surface area contributed by atoms with E-state index in [-0.39, 0.29) is 5.92 Å². The first-order valence-corrected chi connectivity index (χ1v) is 9.48. The van der Waals surface area contributed by atoms with Gasteiger partial charge in [0.1, 0.15) is 0 Å². The Hall–Kier alpha value is -0.0800. The van der Waals surface area contributed by atoms with Crippen LogP contribution in [0.1, 0.15) is 84.5 Å². The van der Waals surface area contributed by atoms with Crippen LogP contribution >= 0.6 is 0 Å². The van der Waals surface area contributed by atoms with Crippen molar-refractivity contribution in [3.63, 3.8) is 0 Å². The molecule has 0 spiro atoms. The fourth-order valence-corrected chi connectivity index (χ4v) is 6.11. The van der Waals surface area contributed by atoms with Gasteiger partial charge in [0.2, 0.25) is 0 Å². The van der Waals surface area contributed by atoms with E-state index in [1.54, 1.807) is 0 Å². The molecule has 0 amide bonds. The molecule has 5 atom stereocenters. The third kappa shape index (κ3) is 2.57. The number of hydrogen-bond acceptors (Lipinski definition) is 2. The number of fused-ring (bicyclic) bond motifs is 2. The maximum Gasteiger partial charge on any atom is 0.0734 e. The van der Waals surface area contributed by atoms with Crippen molar-refractivity contribution < 1.29 is 10.2 Å². The van der Waals surface area contributed by atoms with E-state index < -0.39 is 11.2 Å². The molecule has 3 rings (SSSR count). The SMILES string of the molecule is CCC(O)(CC)C1CCCC2CC3CCCCC3CC21O. The predicted octanol–water partition coefficient (Wildman–Crippen LogP) is 4.29. The highest BCUT2D eigenvalue weighted by Crippen LogP contribution is 2.56. The van der Waals surface area contributed by atoms with E-state index in [0.717, 1.165) is 37.5 Å². The summed E-state index contributed by atoms with van der Waals surface area (Å²) in [5.74, 6) is 2.12. The highest BCUT2D eigenvalue weighted by Gasteiger charge is 2.57. The zero-order chi connectivity index (χ0) is 15.1. The Balaban J connectivity index is 1.86. The van der Waals surface area contributed by atoms with E-state index in [9.17, 15) is 10.2 Å². The van der Waals surface area contributed by atoms with Gasteiger partial charge in [-0.1, -0.05) is 46.0 Å². The Morgan fingerprint density at radius 1 is 0.952 bits per heavy atom. The van der Waals surface area contributed by atoms with E-state index in [2.05, 4.69) is 13.8 Å². The lowest BCUT2D eigenvalue weighted by molar-refractivity contribution is -0.205. The van der Waals surface area contributed by atoms with Crippen molar-refractivity contribution in [2.45, 2.75) is 95.7 Å². The monoisotopic (exact) mass is 294 g/mol. The molecule has 0 heterocycles. The second-order valence-corrected chi connectivity index (χ2v) is 8.23. The van der Waals surface area contributed by atoms with Crippen molar-refractivity contribution in [3.05, 3.63) is 0 Å². The first-order chi connectivity index (χ1) is 10.0. The Bertz CT molecular complexity index is 363. The van der Waals surface area contributed by atoms with Crippen molar-refractivity contribution in [2.24, 2.45) is 23.7 Å². The van der Waals surface area contributed by atoms with Crippen molar-refractivity contribution in [2.75, 3.05) is 0 Å². The smallest absolute Gasteiger partial charge is 0.0734 e. The average molecular weight is 294 g/mol. The van der Waals surface area contributed by atoms with Crippen molar-refractivity contribution in [3.8, 4) is 0 Å². The Morgan fingerprint density at radius 2 is 1.62 bits per heavy atom. The van der Waals surface area contributed by atoms with Crippen LogP contribution in [0.4, 0.5) is 0 Å². The van der Waals surface area contributed by atoms with Gasteiger partial charge >= 0.3 is 0 Å². The molecule has 0 aliphatic heterocycles. The van der Waals surface area contributed by atoms with Crippen LogP contribution < -0.4 is 0 Å². The van der Waals surface area contributed by atoms with Crippen LogP contribution in [0.15, 0.2) is 0 Å². The van der Waals surface area contributed by atoms with Gasteiger partial charge in [0.15, 0.2) is 0 Å². The lowest BCUT2D eigenvalue weighted by Crippen LogP contribution is -2.60. The van der Waals surface area contributed by atoms with Gasteiger partial charge in [-0.3, -0.25) is 0 Å². The van der Waals surface area contributed by atoms with Crippen LogP contribution in [0.2, 0.25) is 0 Å². The summed E-state index contributed by atoms with van der Waals surface area (Å²) in [5.41, 5.74) is -1.24. The molecule has 3 aliphatic carbocycles. The fourth-order valence-electron chi connectivity index (χ4n) is 6.11. The Kier molecular flexibility index (Phi) is 4.40. The molecular formula is C19H34O2. The minimum atomic E-state index is -0.658. The van der Waals surface area contributed by atoms with Gasteiger partial charge < -0.3 is 10.2 Å². The van der Waals surface area contributed by atoms with Gasteiger partial charge in [-0.2, -0.15) is 0 Å². The first kappa shape index (κ1) is 15.8. The van der Waals surface area contributed by atoms with Gasteiger partial charge in [0.25, 0.3) is 0 Å². The third-order valence-electron chi connectivity index (χ3n) is 7.47. The van der Waals surface area contributed by atoms with Crippen molar-refractivity contribution >= 4 is 0 Å². The van der Waals surface area contributed by atoms with Crippen LogP contribution in [-0.4, -0.2) is 21.4 Å². The molecule has 3 saturated carbocycles. The predicted molar refractivity (Wildman–Crippen MR) is 86.0 cm³/mol. The molecule has 0 aromatic carbocycles. The summed E-state index contributed by atoms with van der Waals surface area (Å²) in [7, 11) is 0. The van der Waals surface area contributed by atoms with E-state index in [4.69, 9.17) is 0 Å². The summed E-state index contributed by atoms with van der Waals surface area (Å²) < 4.78 is 0. The second kappa shape index (κ2) is 5.85. The molecule has 2 nitrogen and oxygen atoms in total. The van der Waals surface area contributed by atoms with Gasteiger partial charge in [-0.05, 0) is 56.3 Å². The lowest BCUT2D eigenvalue weighted by Gasteiger charge is -2.58. The largest absolute Gasteiger partial charge is 0.390 e. The summed E-state index contributed by atoms with van der Waals surface area (Å²) in [6.45, 7) is 4.17. The molecule has 21 heavy (non-hydrogen) atoms. The van der Waals surface area contributed by atoms with Crippen LogP contribution in [0.25, 0.3) is 0 Å². The Morgan fingerprint density at radius 3 is 2.29 bits per heavy atom. The molecule has 2 N–H and O–H groups in total. The first-order valence-electron chi connectivity index (χ1n) is 9.48. The normalized spacial score (nSPS) is 44.0. The minimum absolute atomic E-state index is 0.0987. The zero-order valence-corrected chi connectivity index (χ0v) is 14.0. The van der Waals surface area contributed by atoms with Gasteiger partial charge in [0, 0.05) is 5.92 Å². The number of aliphatic hydroxyl groups is 2. The highest BCUT2D eigenvalue weighted by atomic mass is 16.3. The molecule has 122 valence electrons. The molecule has 0 aromatic heterocycles. The van der Waals surface area contributed by atoms with E-state index in [0.29, 0.717) is 5.92 Å². The van der Waals surface area contributed by atoms with Crippen LogP contribution in [0, 0.1) is 23.7 Å². The molecule has 0 bridgehead atoms. The third-order valence-corrected chi connectivity index (χ3v) is 7.47. The molecule has 2 heteroatoms. The summed E-state index contributed by atoms with van der Waals surface area (Å²) in [6.07, 6.45) is 12.6. The van der Waals surface area contributed by atoms with Gasteiger partial charge in [0.05, 0.1) is 11.2 Å². The van der Waals surface area contributed by atoms with Crippen molar-refractivity contribution in [1.29, 1.82) is 0 Å². The van der Waals surface area contributed by atoms with Gasteiger partial charge in [-0.15, -0.1) is 0 Å². The van der Waals surface area contributed by atoms with E-state index in [1.807, 2.05) is 0 Å². The van der Waals surface area contributed by atoms with Crippen LogP contribution in [0.3, 0.4) is 0 Å². The van der Waals surface area contributed by atoms with Crippen LogP contribution in [0.5, 0.6) is 0 Å². The summed E-state index contributed by atoms with van der Waals surface area (Å²) in [6, 6.07) is 0. The summed E-state index contributed by atoms with van der Waals surface area (Å²) in [4.78, 5) is 0. The maximum absolute atomic E-state index is 11.6. The number of hydrogen-bond donors (Lipinski definition) is 2. The van der Waals surface area contributed by atoms with E-state index in [1.165, 1.54) is 44.9 Å². The maximum atomic E-state index is 11.6. The lowest BCUT2D eigenvalue weighted by atomic mass is 9.51. The van der Waals surface area contributed by atoms with E-state index >= 15 is 0 Å². The standard InChI is InChI=1S/C19H34O2/c1-3-18(20,4-2)17-11-7-10-16-12-14-8-5-6-9-15(14)13-19(16,17)21/h14-17,20-21H,3-13H2,1-2H3. The molecule has 3 aliphatic rings. The topological polar surface area (TPSA) is 40.5 Å². The number of rotatable bonds is 3. The Labute approximate surface area is 130 Å². The average Bonchev–Trinajstić information content (AvgIpc) is 2.51. The molecular weight excluding hydrogens is 260 g/mol. The highest BCUT2D eigenvalue weighted by molar-refractivity contribution is 5.08. The summed E-state index contributed by atoms with van der Waals surface area (Å²) >= 11 is 0. The summed E-state index contributed by atoms with van der Waals surface area (Å²) in [5, 5.41) is 22.7.